The van der Waals surface area contributed by atoms with E-state index in [2.05, 4.69) is 89.9 Å². The number of amidine groups is 1. The van der Waals surface area contributed by atoms with E-state index in [4.69, 9.17) is 4.74 Å². The topological polar surface area (TPSA) is 50.7 Å². The van der Waals surface area contributed by atoms with Crippen molar-refractivity contribution in [2.24, 2.45) is 4.99 Å². The van der Waals surface area contributed by atoms with Crippen molar-refractivity contribution in [1.29, 1.82) is 0 Å². The third-order valence-electron chi connectivity index (χ3n) is 5.09. The van der Waals surface area contributed by atoms with Crippen LogP contribution in [-0.2, 0) is 11.4 Å². The first kappa shape index (κ1) is 25.5. The van der Waals surface area contributed by atoms with Crippen LogP contribution in [0.1, 0.15) is 27.8 Å². The fourth-order valence-electron chi connectivity index (χ4n) is 3.49. The van der Waals surface area contributed by atoms with Gasteiger partial charge in [-0.15, -0.1) is 0 Å². The van der Waals surface area contributed by atoms with Gasteiger partial charge in [-0.2, -0.15) is 0 Å². The number of hydrogen-bond donors (Lipinski definition) is 1. The molecule has 0 aromatic heterocycles. The number of aryl methyl sites for hydroxylation is 3. The molecule has 4 nitrogen and oxygen atoms in total. The third kappa shape index (κ3) is 6.13. The number of benzene rings is 3. The molecule has 0 spiro atoms. The molecule has 3 aromatic rings. The number of amides is 1. The van der Waals surface area contributed by atoms with Gasteiger partial charge in [-0.3, -0.25) is 4.79 Å². The molecular weight excluding hydrogens is 691 g/mol. The van der Waals surface area contributed by atoms with Crippen LogP contribution in [0, 0.1) is 24.3 Å². The zero-order valence-electron chi connectivity index (χ0n) is 18.7. The minimum absolute atomic E-state index is 0.153. The van der Waals surface area contributed by atoms with Crippen LogP contribution in [0.3, 0.4) is 0 Å². The van der Waals surface area contributed by atoms with Gasteiger partial charge in [0, 0.05) is 4.47 Å². The van der Waals surface area contributed by atoms with Crippen molar-refractivity contribution in [2.45, 2.75) is 27.4 Å². The molecule has 1 N–H and O–H groups in total. The molecule has 34 heavy (non-hydrogen) atoms. The van der Waals surface area contributed by atoms with E-state index in [0.717, 1.165) is 46.2 Å². The van der Waals surface area contributed by atoms with Gasteiger partial charge in [0.1, 0.15) is 12.4 Å². The second kappa shape index (κ2) is 11.0. The standard InChI is InChI=1S/C26H21Br2IN2O2S/c1-14-5-4-6-17(7-14)13-33-24-20(27)10-18(11-21(24)29)12-22-25(32)31-26(34-22)30-19-8-15(2)23(28)16(3)9-19/h4-12H,13H2,1-3H3,(H,30,31,32)/b22-12-. The molecule has 8 heteroatoms. The summed E-state index contributed by atoms with van der Waals surface area (Å²) in [6.07, 6.45) is 1.87. The molecule has 0 saturated carbocycles. The summed E-state index contributed by atoms with van der Waals surface area (Å²) in [6.45, 7) is 6.62. The summed E-state index contributed by atoms with van der Waals surface area (Å²) in [5, 5.41) is 3.44. The van der Waals surface area contributed by atoms with Crippen LogP contribution in [-0.4, -0.2) is 11.1 Å². The van der Waals surface area contributed by atoms with Crippen molar-refractivity contribution in [3.8, 4) is 5.75 Å². The Labute approximate surface area is 234 Å². The largest absolute Gasteiger partial charge is 0.487 e. The Morgan fingerprint density at radius 3 is 2.50 bits per heavy atom. The van der Waals surface area contributed by atoms with Crippen LogP contribution in [0.15, 0.2) is 67.4 Å². The monoisotopic (exact) mass is 710 g/mol. The summed E-state index contributed by atoms with van der Waals surface area (Å²) in [6, 6.07) is 16.2. The molecule has 1 heterocycles. The molecule has 4 rings (SSSR count). The van der Waals surface area contributed by atoms with E-state index < -0.39 is 0 Å². The first-order valence-corrected chi connectivity index (χ1v) is 13.9. The number of carbonyl (C=O) groups is 1. The van der Waals surface area contributed by atoms with E-state index >= 15 is 0 Å². The lowest BCUT2D eigenvalue weighted by Gasteiger charge is -2.12. The number of thioether (sulfide) groups is 1. The molecule has 0 bridgehead atoms. The smallest absolute Gasteiger partial charge is 0.264 e. The average molecular weight is 712 g/mol. The molecule has 0 atom stereocenters. The molecule has 1 aliphatic heterocycles. The Hall–Kier alpha value is -1.62. The van der Waals surface area contributed by atoms with Crippen molar-refractivity contribution in [2.75, 3.05) is 0 Å². The predicted molar refractivity (Wildman–Crippen MR) is 157 cm³/mol. The lowest BCUT2D eigenvalue weighted by atomic mass is 10.1. The lowest BCUT2D eigenvalue weighted by Crippen LogP contribution is -2.19. The predicted octanol–water partition coefficient (Wildman–Crippen LogP) is 8.21. The first-order valence-electron chi connectivity index (χ1n) is 10.4. The van der Waals surface area contributed by atoms with Gasteiger partial charge in [0.15, 0.2) is 5.17 Å². The van der Waals surface area contributed by atoms with Crippen LogP contribution in [0.25, 0.3) is 6.08 Å². The Bertz CT molecular complexity index is 1310. The highest BCUT2D eigenvalue weighted by molar-refractivity contribution is 14.1. The van der Waals surface area contributed by atoms with Crippen LogP contribution in [0.2, 0.25) is 0 Å². The number of nitrogens with one attached hydrogen (secondary N) is 1. The van der Waals surface area contributed by atoms with Gasteiger partial charge in [0.2, 0.25) is 0 Å². The Morgan fingerprint density at radius 1 is 1.09 bits per heavy atom. The second-order valence-electron chi connectivity index (χ2n) is 7.97. The van der Waals surface area contributed by atoms with Gasteiger partial charge in [-0.1, -0.05) is 45.8 Å². The molecule has 174 valence electrons. The van der Waals surface area contributed by atoms with Gasteiger partial charge in [-0.05, 0) is 124 Å². The van der Waals surface area contributed by atoms with Crippen molar-refractivity contribution >= 4 is 89.1 Å². The van der Waals surface area contributed by atoms with Crippen molar-refractivity contribution in [1.82, 2.24) is 5.32 Å². The zero-order chi connectivity index (χ0) is 24.4. The highest BCUT2D eigenvalue weighted by Gasteiger charge is 2.24. The maximum atomic E-state index is 12.6. The maximum Gasteiger partial charge on any atom is 0.264 e. The van der Waals surface area contributed by atoms with E-state index in [1.165, 1.54) is 17.3 Å². The van der Waals surface area contributed by atoms with Crippen LogP contribution in [0.5, 0.6) is 5.75 Å². The summed E-state index contributed by atoms with van der Waals surface area (Å²) in [5.74, 6) is 0.635. The fraction of sp³-hybridized carbons (Fsp3) is 0.154. The number of ether oxygens (including phenoxy) is 1. The number of halogens is 3. The number of carbonyl (C=O) groups excluding carboxylic acids is 1. The van der Waals surface area contributed by atoms with E-state index in [1.807, 2.05) is 50.3 Å². The summed E-state index contributed by atoms with van der Waals surface area (Å²) in [4.78, 5) is 17.8. The van der Waals surface area contributed by atoms with E-state index in [0.29, 0.717) is 16.7 Å². The van der Waals surface area contributed by atoms with Gasteiger partial charge in [-0.25, -0.2) is 4.99 Å². The maximum absolute atomic E-state index is 12.6. The van der Waals surface area contributed by atoms with Crippen molar-refractivity contribution in [3.63, 3.8) is 0 Å². The number of aliphatic imine (C=N–C) groups is 1. The van der Waals surface area contributed by atoms with E-state index in [9.17, 15) is 4.79 Å². The highest BCUT2D eigenvalue weighted by Crippen LogP contribution is 2.35. The van der Waals surface area contributed by atoms with Crippen molar-refractivity contribution in [3.05, 3.63) is 93.8 Å². The Morgan fingerprint density at radius 2 is 1.82 bits per heavy atom. The number of rotatable bonds is 5. The van der Waals surface area contributed by atoms with Gasteiger partial charge < -0.3 is 10.1 Å². The quantitative estimate of drug-likeness (QED) is 0.215. The minimum atomic E-state index is -0.153. The Balaban J connectivity index is 1.52. The summed E-state index contributed by atoms with van der Waals surface area (Å²) >= 11 is 10.8. The van der Waals surface area contributed by atoms with Gasteiger partial charge >= 0.3 is 0 Å². The SMILES string of the molecule is Cc1cccc(COc2c(Br)cc(/C=C3\SC(=Nc4cc(C)c(Br)c(C)c4)NC3=O)cc2I)c1. The summed E-state index contributed by atoms with van der Waals surface area (Å²) in [5.41, 5.74) is 6.26. The third-order valence-corrected chi connectivity index (χ3v) is 8.64. The van der Waals surface area contributed by atoms with Crippen LogP contribution < -0.4 is 10.1 Å². The number of nitrogens with zero attached hydrogens (tertiary/aromatic N) is 1. The van der Waals surface area contributed by atoms with Crippen LogP contribution in [0.4, 0.5) is 5.69 Å². The van der Waals surface area contributed by atoms with Crippen molar-refractivity contribution < 1.29 is 9.53 Å². The van der Waals surface area contributed by atoms with E-state index in [-0.39, 0.29) is 5.91 Å². The molecule has 0 aliphatic carbocycles. The fourth-order valence-corrected chi connectivity index (χ4v) is 6.33. The first-order chi connectivity index (χ1) is 16.2. The summed E-state index contributed by atoms with van der Waals surface area (Å²) < 4.78 is 8.97. The second-order valence-corrected chi connectivity index (χ2v) is 11.8. The lowest BCUT2D eigenvalue weighted by molar-refractivity contribution is -0.115. The molecule has 1 aliphatic rings. The molecule has 3 aromatic carbocycles. The number of hydrogen-bond acceptors (Lipinski definition) is 4. The molecule has 1 fully saturated rings. The molecule has 0 unspecified atom stereocenters. The Kier molecular flexibility index (Phi) is 8.22. The zero-order valence-corrected chi connectivity index (χ0v) is 24.9. The molecule has 1 saturated heterocycles. The average Bonchev–Trinajstić information content (AvgIpc) is 3.09. The molecular formula is C26H21Br2IN2O2S. The normalized spacial score (nSPS) is 15.8. The highest BCUT2D eigenvalue weighted by atomic mass is 127. The molecule has 1 amide bonds. The van der Waals surface area contributed by atoms with Gasteiger partial charge in [0.25, 0.3) is 5.91 Å². The van der Waals surface area contributed by atoms with Gasteiger partial charge in [0.05, 0.1) is 18.6 Å². The van der Waals surface area contributed by atoms with E-state index in [1.54, 1.807) is 0 Å². The molecule has 0 radical (unpaired) electrons. The van der Waals surface area contributed by atoms with Crippen LogP contribution >= 0.6 is 66.2 Å². The summed E-state index contributed by atoms with van der Waals surface area (Å²) in [7, 11) is 0. The minimum Gasteiger partial charge on any atom is -0.487 e.